The molecule has 0 aromatic carbocycles. The first kappa shape index (κ1) is 18.2. The van der Waals surface area contributed by atoms with Gasteiger partial charge in [-0.15, -0.1) is 0 Å². The smallest absolute Gasteiger partial charge is 0.268 e. The second-order valence-electron chi connectivity index (χ2n) is 7.71. The van der Waals surface area contributed by atoms with Crippen LogP contribution >= 0.6 is 0 Å². The lowest BCUT2D eigenvalue weighted by Gasteiger charge is -2.53. The van der Waals surface area contributed by atoms with Gasteiger partial charge in [0.15, 0.2) is 5.03 Å². The average molecular weight is 391 g/mol. The van der Waals surface area contributed by atoms with Crippen molar-refractivity contribution >= 4 is 15.9 Å². The summed E-state index contributed by atoms with van der Waals surface area (Å²) in [5.41, 5.74) is 0.656. The largest absolute Gasteiger partial charge is 0.347 e. The van der Waals surface area contributed by atoms with Crippen LogP contribution in [-0.2, 0) is 24.1 Å². The first-order valence-corrected chi connectivity index (χ1v) is 10.7. The standard InChI is InChI=1S/C18H25N5O3S/c1-21-12-16(19-13-21)27(25,26)23-10-7-18(8-11-23)6-5-15(18)20-17(24)14-4-3-9-22(14)2/h3-4,9,12-13,15H,5-8,10-11H2,1-2H3,(H,20,24). The lowest BCUT2D eigenvalue weighted by molar-refractivity contribution is 0.0123. The van der Waals surface area contributed by atoms with E-state index in [0.717, 1.165) is 25.7 Å². The summed E-state index contributed by atoms with van der Waals surface area (Å²) >= 11 is 0. The van der Waals surface area contributed by atoms with E-state index in [1.807, 2.05) is 29.9 Å². The van der Waals surface area contributed by atoms with E-state index in [4.69, 9.17) is 0 Å². The molecule has 1 saturated carbocycles. The monoisotopic (exact) mass is 391 g/mol. The van der Waals surface area contributed by atoms with Gasteiger partial charge in [-0.3, -0.25) is 4.79 Å². The van der Waals surface area contributed by atoms with Gasteiger partial charge in [-0.1, -0.05) is 0 Å². The van der Waals surface area contributed by atoms with Gasteiger partial charge in [0.2, 0.25) is 0 Å². The van der Waals surface area contributed by atoms with Crippen LogP contribution in [0.5, 0.6) is 0 Å². The first-order chi connectivity index (χ1) is 12.8. The van der Waals surface area contributed by atoms with Crippen molar-refractivity contribution in [3.8, 4) is 0 Å². The van der Waals surface area contributed by atoms with Crippen LogP contribution in [0.15, 0.2) is 35.9 Å². The maximum atomic E-state index is 12.7. The Labute approximate surface area is 159 Å². The maximum absolute atomic E-state index is 12.7. The van der Waals surface area contributed by atoms with Crippen molar-refractivity contribution in [2.24, 2.45) is 19.5 Å². The minimum atomic E-state index is -3.55. The molecule has 1 atom stereocenters. The highest BCUT2D eigenvalue weighted by Gasteiger charge is 2.50. The van der Waals surface area contributed by atoms with E-state index < -0.39 is 10.0 Å². The van der Waals surface area contributed by atoms with Crippen LogP contribution in [0.25, 0.3) is 0 Å². The number of rotatable bonds is 4. The van der Waals surface area contributed by atoms with E-state index in [-0.39, 0.29) is 22.4 Å². The van der Waals surface area contributed by atoms with Crippen molar-refractivity contribution in [3.05, 3.63) is 36.5 Å². The fourth-order valence-electron chi connectivity index (χ4n) is 4.28. The van der Waals surface area contributed by atoms with Gasteiger partial charge < -0.3 is 14.5 Å². The molecular weight excluding hydrogens is 366 g/mol. The summed E-state index contributed by atoms with van der Waals surface area (Å²) in [5, 5.41) is 3.27. The summed E-state index contributed by atoms with van der Waals surface area (Å²) in [6, 6.07) is 3.77. The quantitative estimate of drug-likeness (QED) is 0.846. The summed E-state index contributed by atoms with van der Waals surface area (Å²) in [4.78, 5) is 16.5. The summed E-state index contributed by atoms with van der Waals surface area (Å²) in [5.74, 6) is -0.0601. The minimum Gasteiger partial charge on any atom is -0.347 e. The van der Waals surface area contributed by atoms with Gasteiger partial charge in [-0.2, -0.15) is 4.31 Å². The molecular formula is C18H25N5O3S. The summed E-state index contributed by atoms with van der Waals surface area (Å²) in [6.07, 6.45) is 8.39. The Hall–Kier alpha value is -2.13. The lowest BCUT2D eigenvalue weighted by atomic mass is 9.59. The molecule has 0 bridgehead atoms. The highest BCUT2D eigenvalue weighted by atomic mass is 32.2. The number of carbonyl (C=O) groups excluding carboxylic acids is 1. The fraction of sp³-hybridized carbons (Fsp3) is 0.556. The maximum Gasteiger partial charge on any atom is 0.268 e. The third-order valence-electron chi connectivity index (χ3n) is 6.16. The molecule has 1 amide bonds. The number of aryl methyl sites for hydroxylation is 2. The normalized spacial score (nSPS) is 22.5. The molecule has 1 saturated heterocycles. The van der Waals surface area contributed by atoms with E-state index in [9.17, 15) is 13.2 Å². The van der Waals surface area contributed by atoms with E-state index in [2.05, 4.69) is 10.3 Å². The Kier molecular flexibility index (Phi) is 4.38. The number of aromatic nitrogens is 3. The van der Waals surface area contributed by atoms with Crippen LogP contribution in [0.3, 0.4) is 0 Å². The van der Waals surface area contributed by atoms with E-state index in [0.29, 0.717) is 18.8 Å². The molecule has 1 unspecified atom stereocenters. The van der Waals surface area contributed by atoms with Crippen molar-refractivity contribution in [3.63, 3.8) is 0 Å². The van der Waals surface area contributed by atoms with E-state index in [1.165, 1.54) is 16.8 Å². The van der Waals surface area contributed by atoms with Gasteiger partial charge >= 0.3 is 0 Å². The number of hydrogen-bond donors (Lipinski definition) is 1. The predicted octanol–water partition coefficient (Wildman–Crippen LogP) is 1.12. The zero-order valence-electron chi connectivity index (χ0n) is 15.6. The SMILES string of the molecule is Cn1cnc(S(=O)(=O)N2CCC3(CCC3NC(=O)c3cccn3C)CC2)c1. The highest BCUT2D eigenvalue weighted by molar-refractivity contribution is 7.89. The third kappa shape index (κ3) is 3.08. The van der Waals surface area contributed by atoms with Gasteiger partial charge in [0.25, 0.3) is 15.9 Å². The van der Waals surface area contributed by atoms with Crippen LogP contribution in [0, 0.1) is 5.41 Å². The molecule has 2 aromatic rings. The summed E-state index contributed by atoms with van der Waals surface area (Å²) in [7, 11) is 0.0627. The molecule has 1 aliphatic carbocycles. The molecule has 9 heteroatoms. The van der Waals surface area contributed by atoms with Crippen molar-refractivity contribution in [1.29, 1.82) is 0 Å². The second-order valence-corrected chi connectivity index (χ2v) is 9.60. The second kappa shape index (κ2) is 6.49. The van der Waals surface area contributed by atoms with Crippen LogP contribution in [0.1, 0.15) is 36.2 Å². The first-order valence-electron chi connectivity index (χ1n) is 9.22. The Morgan fingerprint density at radius 1 is 1.26 bits per heavy atom. The molecule has 1 N–H and O–H groups in total. The van der Waals surface area contributed by atoms with E-state index >= 15 is 0 Å². The Morgan fingerprint density at radius 3 is 2.52 bits per heavy atom. The van der Waals surface area contributed by atoms with E-state index in [1.54, 1.807) is 11.6 Å². The van der Waals surface area contributed by atoms with Gasteiger partial charge in [0, 0.05) is 45.6 Å². The summed E-state index contributed by atoms with van der Waals surface area (Å²) in [6.45, 7) is 0.935. The molecule has 1 aliphatic heterocycles. The molecule has 3 heterocycles. The van der Waals surface area contributed by atoms with Crippen LogP contribution in [0.4, 0.5) is 0 Å². The summed E-state index contributed by atoms with van der Waals surface area (Å²) < 4.78 is 30.5. The zero-order chi connectivity index (χ0) is 19.2. The molecule has 8 nitrogen and oxygen atoms in total. The molecule has 146 valence electrons. The molecule has 2 aliphatic rings. The number of nitrogens with zero attached hydrogens (tertiary/aromatic N) is 4. The number of hydrogen-bond acceptors (Lipinski definition) is 4. The Bertz CT molecular complexity index is 953. The van der Waals surface area contributed by atoms with Crippen LogP contribution in [0.2, 0.25) is 0 Å². The molecule has 4 rings (SSSR count). The van der Waals surface area contributed by atoms with Gasteiger partial charge in [0.05, 0.1) is 6.33 Å². The average Bonchev–Trinajstić information content (AvgIpc) is 3.27. The number of piperidine rings is 1. The number of imidazole rings is 1. The van der Waals surface area contributed by atoms with Crippen LogP contribution < -0.4 is 5.32 Å². The van der Waals surface area contributed by atoms with Gasteiger partial charge in [0.1, 0.15) is 5.69 Å². The van der Waals surface area contributed by atoms with Gasteiger partial charge in [-0.05, 0) is 43.2 Å². The number of amides is 1. The Morgan fingerprint density at radius 2 is 2.00 bits per heavy atom. The third-order valence-corrected chi connectivity index (χ3v) is 7.94. The lowest BCUT2D eigenvalue weighted by Crippen LogP contribution is -2.59. The highest BCUT2D eigenvalue weighted by Crippen LogP contribution is 2.49. The number of nitrogens with one attached hydrogen (secondary N) is 1. The van der Waals surface area contributed by atoms with Crippen molar-refractivity contribution in [1.82, 2.24) is 23.7 Å². The zero-order valence-corrected chi connectivity index (χ0v) is 16.4. The molecule has 2 fully saturated rings. The molecule has 0 radical (unpaired) electrons. The minimum absolute atomic E-state index is 0.0109. The number of carbonyl (C=O) groups is 1. The van der Waals surface area contributed by atoms with Gasteiger partial charge in [-0.25, -0.2) is 13.4 Å². The number of sulfonamides is 1. The van der Waals surface area contributed by atoms with Crippen molar-refractivity contribution < 1.29 is 13.2 Å². The molecule has 27 heavy (non-hydrogen) atoms. The fourth-order valence-corrected chi connectivity index (χ4v) is 5.68. The van der Waals surface area contributed by atoms with Crippen molar-refractivity contribution in [2.45, 2.75) is 36.8 Å². The molecule has 2 aromatic heterocycles. The Balaban J connectivity index is 1.41. The molecule has 1 spiro atoms. The van der Waals surface area contributed by atoms with Crippen molar-refractivity contribution in [2.75, 3.05) is 13.1 Å². The predicted molar refractivity (Wildman–Crippen MR) is 99.5 cm³/mol. The topological polar surface area (TPSA) is 89.2 Å². The van der Waals surface area contributed by atoms with Crippen LogP contribution in [-0.4, -0.2) is 51.9 Å².